The van der Waals surface area contributed by atoms with Gasteiger partial charge in [-0.1, -0.05) is 39.0 Å². The van der Waals surface area contributed by atoms with Crippen molar-refractivity contribution in [2.45, 2.75) is 45.6 Å². The Kier molecular flexibility index (Phi) is 4.37. The number of H-pyrrole nitrogens is 1. The van der Waals surface area contributed by atoms with Crippen LogP contribution in [0, 0.1) is 0 Å². The van der Waals surface area contributed by atoms with Crippen molar-refractivity contribution >= 4 is 16.9 Å². The third-order valence-electron chi connectivity index (χ3n) is 3.58. The highest BCUT2D eigenvalue weighted by atomic mass is 16.5. The lowest BCUT2D eigenvalue weighted by molar-refractivity contribution is -0.144. The van der Waals surface area contributed by atoms with Crippen LogP contribution in [-0.4, -0.2) is 23.6 Å². The van der Waals surface area contributed by atoms with E-state index in [-0.39, 0.29) is 11.4 Å². The molecule has 114 valence electrons. The van der Waals surface area contributed by atoms with Gasteiger partial charge in [0.15, 0.2) is 0 Å². The number of aromatic nitrogens is 1. The Labute approximate surface area is 125 Å². The number of fused-ring (bicyclic) bond motifs is 1. The second kappa shape index (κ2) is 5.90. The van der Waals surface area contributed by atoms with E-state index in [0.29, 0.717) is 13.0 Å². The largest absolute Gasteiger partial charge is 0.465 e. The SMILES string of the molecule is CCOC(=O)C(N)Cc1c(C(C)(C)C)[nH]c2ccccc12. The normalized spacial score (nSPS) is 13.4. The highest BCUT2D eigenvalue weighted by molar-refractivity contribution is 5.86. The molecule has 0 aliphatic carbocycles. The number of para-hydroxylation sites is 1. The molecule has 1 unspecified atom stereocenters. The van der Waals surface area contributed by atoms with Gasteiger partial charge in [-0.05, 0) is 18.6 Å². The molecule has 2 aromatic rings. The van der Waals surface area contributed by atoms with E-state index >= 15 is 0 Å². The van der Waals surface area contributed by atoms with Gasteiger partial charge in [-0.2, -0.15) is 0 Å². The van der Waals surface area contributed by atoms with E-state index in [4.69, 9.17) is 10.5 Å². The summed E-state index contributed by atoms with van der Waals surface area (Å²) in [5, 5.41) is 1.13. The fourth-order valence-corrected chi connectivity index (χ4v) is 2.60. The molecule has 0 fully saturated rings. The van der Waals surface area contributed by atoms with Crippen LogP contribution in [0.1, 0.15) is 39.0 Å². The van der Waals surface area contributed by atoms with Crippen LogP contribution >= 0.6 is 0 Å². The van der Waals surface area contributed by atoms with Gasteiger partial charge in [0, 0.05) is 28.4 Å². The van der Waals surface area contributed by atoms with Gasteiger partial charge in [-0.25, -0.2) is 0 Å². The van der Waals surface area contributed by atoms with Gasteiger partial charge in [-0.3, -0.25) is 4.79 Å². The molecule has 0 bridgehead atoms. The molecule has 4 heteroatoms. The van der Waals surface area contributed by atoms with Crippen LogP contribution in [0.25, 0.3) is 10.9 Å². The van der Waals surface area contributed by atoms with E-state index in [0.717, 1.165) is 22.2 Å². The smallest absolute Gasteiger partial charge is 0.323 e. The maximum Gasteiger partial charge on any atom is 0.323 e. The molecule has 4 nitrogen and oxygen atoms in total. The van der Waals surface area contributed by atoms with Crippen molar-refractivity contribution in [3.05, 3.63) is 35.5 Å². The van der Waals surface area contributed by atoms with Crippen molar-refractivity contribution < 1.29 is 9.53 Å². The van der Waals surface area contributed by atoms with Crippen LogP contribution in [0.4, 0.5) is 0 Å². The molecular weight excluding hydrogens is 264 g/mol. The third-order valence-corrected chi connectivity index (χ3v) is 3.58. The molecule has 0 radical (unpaired) electrons. The first kappa shape index (κ1) is 15.6. The van der Waals surface area contributed by atoms with Crippen molar-refractivity contribution in [2.75, 3.05) is 6.61 Å². The minimum Gasteiger partial charge on any atom is -0.465 e. The van der Waals surface area contributed by atoms with Crippen molar-refractivity contribution in [3.63, 3.8) is 0 Å². The Hall–Kier alpha value is -1.81. The van der Waals surface area contributed by atoms with E-state index in [1.165, 1.54) is 0 Å². The number of ether oxygens (including phenoxy) is 1. The van der Waals surface area contributed by atoms with Gasteiger partial charge in [0.2, 0.25) is 0 Å². The first-order valence-corrected chi connectivity index (χ1v) is 7.37. The highest BCUT2D eigenvalue weighted by Gasteiger charge is 2.25. The lowest BCUT2D eigenvalue weighted by Gasteiger charge is -2.20. The second-order valence-corrected chi connectivity index (χ2v) is 6.34. The minimum absolute atomic E-state index is 0.0390. The third kappa shape index (κ3) is 3.27. The van der Waals surface area contributed by atoms with Gasteiger partial charge in [0.1, 0.15) is 6.04 Å². The van der Waals surface area contributed by atoms with Crippen LogP contribution < -0.4 is 5.73 Å². The number of rotatable bonds is 4. The molecule has 0 aliphatic heterocycles. The molecular formula is C17H24N2O2. The first-order chi connectivity index (χ1) is 9.84. The van der Waals surface area contributed by atoms with Gasteiger partial charge < -0.3 is 15.5 Å². The van der Waals surface area contributed by atoms with Crippen LogP contribution in [-0.2, 0) is 21.4 Å². The summed E-state index contributed by atoms with van der Waals surface area (Å²) < 4.78 is 5.02. The molecule has 1 aromatic heterocycles. The summed E-state index contributed by atoms with van der Waals surface area (Å²) in [6, 6.07) is 7.48. The van der Waals surface area contributed by atoms with Crippen molar-refractivity contribution in [2.24, 2.45) is 5.73 Å². The lowest BCUT2D eigenvalue weighted by atomic mass is 9.87. The van der Waals surface area contributed by atoms with Crippen LogP contribution in [0.2, 0.25) is 0 Å². The molecule has 21 heavy (non-hydrogen) atoms. The molecule has 0 saturated carbocycles. The molecule has 3 N–H and O–H groups in total. The van der Waals surface area contributed by atoms with Gasteiger partial charge >= 0.3 is 5.97 Å². The minimum atomic E-state index is -0.634. The molecule has 1 aromatic carbocycles. The maximum atomic E-state index is 11.8. The quantitative estimate of drug-likeness (QED) is 0.850. The van der Waals surface area contributed by atoms with Crippen molar-refractivity contribution in [1.29, 1.82) is 0 Å². The van der Waals surface area contributed by atoms with Crippen LogP contribution in [0.15, 0.2) is 24.3 Å². The Morgan fingerprint density at radius 3 is 2.62 bits per heavy atom. The summed E-state index contributed by atoms with van der Waals surface area (Å²) in [7, 11) is 0. The predicted molar refractivity (Wildman–Crippen MR) is 85.3 cm³/mol. The second-order valence-electron chi connectivity index (χ2n) is 6.34. The summed E-state index contributed by atoms with van der Waals surface area (Å²) in [5.74, 6) is -0.345. The number of nitrogens with one attached hydrogen (secondary N) is 1. The number of nitrogens with two attached hydrogens (primary N) is 1. The average molecular weight is 288 g/mol. The van der Waals surface area contributed by atoms with E-state index < -0.39 is 6.04 Å². The molecule has 1 atom stereocenters. The Morgan fingerprint density at radius 1 is 1.33 bits per heavy atom. The molecule has 0 saturated heterocycles. The molecule has 0 amide bonds. The summed E-state index contributed by atoms with van der Waals surface area (Å²) in [4.78, 5) is 15.3. The maximum absolute atomic E-state index is 11.8. The first-order valence-electron chi connectivity index (χ1n) is 7.37. The number of esters is 1. The van der Waals surface area contributed by atoms with Crippen LogP contribution in [0.5, 0.6) is 0 Å². The number of benzene rings is 1. The zero-order chi connectivity index (χ0) is 15.6. The van der Waals surface area contributed by atoms with Crippen molar-refractivity contribution in [3.8, 4) is 0 Å². The topological polar surface area (TPSA) is 68.1 Å². The van der Waals surface area contributed by atoms with Gasteiger partial charge in [0.25, 0.3) is 0 Å². The highest BCUT2D eigenvalue weighted by Crippen LogP contribution is 2.32. The number of aromatic amines is 1. The molecule has 1 heterocycles. The summed E-state index contributed by atoms with van der Waals surface area (Å²) in [5.41, 5.74) is 9.29. The fraction of sp³-hybridized carbons (Fsp3) is 0.471. The zero-order valence-corrected chi connectivity index (χ0v) is 13.2. The summed E-state index contributed by atoms with van der Waals surface area (Å²) >= 11 is 0. The Morgan fingerprint density at radius 2 is 2.00 bits per heavy atom. The molecule has 0 spiro atoms. The molecule has 2 rings (SSSR count). The summed E-state index contributed by atoms with van der Waals surface area (Å²) in [6.45, 7) is 8.59. The fourth-order valence-electron chi connectivity index (χ4n) is 2.60. The summed E-state index contributed by atoms with van der Waals surface area (Å²) in [6.07, 6.45) is 0.482. The number of carbonyl (C=O) groups excluding carboxylic acids is 1. The number of hydrogen-bond donors (Lipinski definition) is 2. The molecule has 0 aliphatic rings. The number of carbonyl (C=O) groups is 1. The van der Waals surface area contributed by atoms with E-state index in [9.17, 15) is 4.79 Å². The van der Waals surface area contributed by atoms with E-state index in [1.54, 1.807) is 6.92 Å². The van der Waals surface area contributed by atoms with E-state index in [2.05, 4.69) is 31.8 Å². The zero-order valence-electron chi connectivity index (χ0n) is 13.2. The van der Waals surface area contributed by atoms with Crippen molar-refractivity contribution in [1.82, 2.24) is 4.98 Å². The Balaban J connectivity index is 2.43. The Bertz CT molecular complexity index is 638. The predicted octanol–water partition coefficient (Wildman–Crippen LogP) is 2.90. The average Bonchev–Trinajstić information content (AvgIpc) is 2.78. The standard InChI is InChI=1S/C17H24N2O2/c1-5-21-16(20)13(18)10-12-11-8-6-7-9-14(11)19-15(12)17(2,3)4/h6-9,13,19H,5,10,18H2,1-4H3. The van der Waals surface area contributed by atoms with E-state index in [1.807, 2.05) is 18.2 Å². The number of hydrogen-bond acceptors (Lipinski definition) is 3. The van der Waals surface area contributed by atoms with Gasteiger partial charge in [-0.15, -0.1) is 0 Å². The van der Waals surface area contributed by atoms with Gasteiger partial charge in [0.05, 0.1) is 6.61 Å². The monoisotopic (exact) mass is 288 g/mol. The lowest BCUT2D eigenvalue weighted by Crippen LogP contribution is -2.35. The van der Waals surface area contributed by atoms with Crippen LogP contribution in [0.3, 0.4) is 0 Å².